The van der Waals surface area contributed by atoms with E-state index in [9.17, 15) is 13.2 Å². The van der Waals surface area contributed by atoms with Crippen LogP contribution >= 0.6 is 12.4 Å². The molecule has 0 bridgehead atoms. The molecule has 0 radical (unpaired) electrons. The van der Waals surface area contributed by atoms with Gasteiger partial charge in [-0.2, -0.15) is 0 Å². The number of hydrogen-bond donors (Lipinski definition) is 2. The Morgan fingerprint density at radius 1 is 1.16 bits per heavy atom. The van der Waals surface area contributed by atoms with Gasteiger partial charge in [0.05, 0.1) is 17.4 Å². The molecule has 0 saturated heterocycles. The summed E-state index contributed by atoms with van der Waals surface area (Å²) in [5.74, 6) is 0.429. The predicted octanol–water partition coefficient (Wildman–Crippen LogP) is 3.36. The summed E-state index contributed by atoms with van der Waals surface area (Å²) in [5, 5.41) is 3.29. The summed E-state index contributed by atoms with van der Waals surface area (Å²) >= 11 is 0. The van der Waals surface area contributed by atoms with E-state index in [1.165, 1.54) is 6.26 Å². The van der Waals surface area contributed by atoms with E-state index in [1.54, 1.807) is 25.3 Å². The largest absolute Gasteiger partial charge is 0.496 e. The Hall–Kier alpha value is -2.09. The molecule has 1 aliphatic rings. The minimum Gasteiger partial charge on any atom is -0.496 e. The first-order chi connectivity index (χ1) is 14.2. The molecular formula is C23H31ClN2O4S. The van der Waals surface area contributed by atoms with Crippen LogP contribution in [0.15, 0.2) is 47.4 Å². The highest BCUT2D eigenvalue weighted by Gasteiger charge is 2.40. The molecule has 1 saturated carbocycles. The van der Waals surface area contributed by atoms with Crippen molar-refractivity contribution < 1.29 is 17.9 Å². The molecule has 1 amide bonds. The number of amides is 1. The third-order valence-corrected chi connectivity index (χ3v) is 7.39. The minimum absolute atomic E-state index is 0. The van der Waals surface area contributed by atoms with Crippen LogP contribution in [0, 0.1) is 5.41 Å². The molecule has 0 atom stereocenters. The number of carbonyl (C=O) groups excluding carboxylic acids is 1. The van der Waals surface area contributed by atoms with E-state index in [0.717, 1.165) is 42.4 Å². The van der Waals surface area contributed by atoms with Gasteiger partial charge < -0.3 is 15.8 Å². The number of benzene rings is 2. The lowest BCUT2D eigenvalue weighted by Crippen LogP contribution is -2.45. The number of primary amides is 1. The molecule has 3 N–H and O–H groups in total. The van der Waals surface area contributed by atoms with Crippen LogP contribution < -0.4 is 15.8 Å². The first-order valence-corrected chi connectivity index (χ1v) is 12.0. The van der Waals surface area contributed by atoms with Crippen LogP contribution in [0.3, 0.4) is 0 Å². The summed E-state index contributed by atoms with van der Waals surface area (Å²) in [6.45, 7) is 0. The SMILES string of the molecule is CNC1CCC(Cc2cc(-c3cccc(S(C)(=O)=O)c3)ccc2OC)(C(N)=O)CC1.Cl. The molecule has 170 valence electrons. The predicted molar refractivity (Wildman–Crippen MR) is 125 cm³/mol. The first kappa shape index (κ1) is 25.2. The Kier molecular flexibility index (Phi) is 8.14. The van der Waals surface area contributed by atoms with E-state index in [1.807, 2.05) is 31.3 Å². The molecule has 31 heavy (non-hydrogen) atoms. The zero-order chi connectivity index (χ0) is 21.9. The van der Waals surface area contributed by atoms with Crippen LogP contribution in [0.1, 0.15) is 31.2 Å². The summed E-state index contributed by atoms with van der Waals surface area (Å²) in [7, 11) is 0.253. The van der Waals surface area contributed by atoms with Crippen molar-refractivity contribution in [1.29, 1.82) is 0 Å². The molecule has 2 aromatic carbocycles. The number of halogens is 1. The third kappa shape index (κ3) is 5.59. The smallest absolute Gasteiger partial charge is 0.223 e. The van der Waals surface area contributed by atoms with Gasteiger partial charge in [-0.25, -0.2) is 8.42 Å². The monoisotopic (exact) mass is 466 g/mol. The molecule has 8 heteroatoms. The Bertz CT molecular complexity index is 1030. The number of methoxy groups -OCH3 is 1. The van der Waals surface area contributed by atoms with Crippen molar-refractivity contribution in [2.45, 2.75) is 43.0 Å². The zero-order valence-corrected chi connectivity index (χ0v) is 19.8. The van der Waals surface area contributed by atoms with E-state index in [0.29, 0.717) is 18.2 Å². The second-order valence-electron chi connectivity index (χ2n) is 8.21. The lowest BCUT2D eigenvalue weighted by molar-refractivity contribution is -0.129. The molecule has 0 unspecified atom stereocenters. The average Bonchev–Trinajstić information content (AvgIpc) is 2.73. The summed E-state index contributed by atoms with van der Waals surface area (Å²) < 4.78 is 29.4. The number of nitrogens with one attached hydrogen (secondary N) is 1. The number of hydrogen-bond acceptors (Lipinski definition) is 5. The maximum atomic E-state index is 12.5. The standard InChI is InChI=1S/C23H30N2O4S.ClH/c1-25-19-9-11-23(12-10-19,22(24)26)15-18-13-17(7-8-21(18)29-2)16-5-4-6-20(14-16)30(3,27)28;/h4-8,13-14,19,25H,9-12,15H2,1-3H3,(H2,24,26);1H. The molecule has 6 nitrogen and oxygen atoms in total. The molecule has 0 heterocycles. The van der Waals surface area contributed by atoms with Crippen LogP contribution in [-0.4, -0.2) is 40.8 Å². The first-order valence-electron chi connectivity index (χ1n) is 10.1. The van der Waals surface area contributed by atoms with Crippen LogP contribution in [0.25, 0.3) is 11.1 Å². The minimum atomic E-state index is -3.30. The average molecular weight is 467 g/mol. The summed E-state index contributed by atoms with van der Waals surface area (Å²) in [4.78, 5) is 12.8. The van der Waals surface area contributed by atoms with Gasteiger partial charge in [0, 0.05) is 12.3 Å². The van der Waals surface area contributed by atoms with Gasteiger partial charge in [0.2, 0.25) is 5.91 Å². The highest BCUT2D eigenvalue weighted by molar-refractivity contribution is 7.90. The Morgan fingerprint density at radius 2 is 1.81 bits per heavy atom. The highest BCUT2D eigenvalue weighted by atomic mass is 35.5. The maximum absolute atomic E-state index is 12.5. The molecule has 1 aliphatic carbocycles. The Balaban J connectivity index is 0.00000341. The van der Waals surface area contributed by atoms with Crippen LogP contribution in [0.5, 0.6) is 5.75 Å². The van der Waals surface area contributed by atoms with E-state index < -0.39 is 15.3 Å². The second kappa shape index (κ2) is 10.0. The van der Waals surface area contributed by atoms with Gasteiger partial charge in [-0.3, -0.25) is 4.79 Å². The quantitative estimate of drug-likeness (QED) is 0.651. The number of carbonyl (C=O) groups is 1. The van der Waals surface area contributed by atoms with Gasteiger partial charge in [-0.05, 0) is 80.1 Å². The Labute approximate surface area is 190 Å². The highest BCUT2D eigenvalue weighted by Crippen LogP contribution is 2.41. The van der Waals surface area contributed by atoms with Crippen molar-refractivity contribution >= 4 is 28.2 Å². The number of rotatable bonds is 7. The van der Waals surface area contributed by atoms with Crippen LogP contribution in [0.4, 0.5) is 0 Å². The van der Waals surface area contributed by atoms with E-state index in [2.05, 4.69) is 5.32 Å². The van der Waals surface area contributed by atoms with Crippen molar-refractivity contribution in [3.63, 3.8) is 0 Å². The molecule has 0 aromatic heterocycles. The van der Waals surface area contributed by atoms with E-state index in [-0.39, 0.29) is 23.2 Å². The van der Waals surface area contributed by atoms with Gasteiger partial charge in [-0.15, -0.1) is 12.4 Å². The van der Waals surface area contributed by atoms with Crippen LogP contribution in [0.2, 0.25) is 0 Å². The van der Waals surface area contributed by atoms with Crippen molar-refractivity contribution in [3.05, 3.63) is 48.0 Å². The van der Waals surface area contributed by atoms with Gasteiger partial charge >= 0.3 is 0 Å². The van der Waals surface area contributed by atoms with Crippen molar-refractivity contribution in [2.24, 2.45) is 11.1 Å². The molecule has 2 aromatic rings. The summed E-state index contributed by atoms with van der Waals surface area (Å²) in [5.41, 5.74) is 7.85. The van der Waals surface area contributed by atoms with Crippen molar-refractivity contribution in [3.8, 4) is 16.9 Å². The van der Waals surface area contributed by atoms with Crippen LogP contribution in [-0.2, 0) is 21.1 Å². The normalized spacial score (nSPS) is 21.2. The fourth-order valence-corrected chi connectivity index (χ4v) is 5.00. The second-order valence-corrected chi connectivity index (χ2v) is 10.2. The van der Waals surface area contributed by atoms with Gasteiger partial charge in [-0.1, -0.05) is 18.2 Å². The lowest BCUT2D eigenvalue weighted by atomic mass is 9.68. The molecule has 0 aliphatic heterocycles. The maximum Gasteiger partial charge on any atom is 0.223 e. The fraction of sp³-hybridized carbons (Fsp3) is 0.435. The third-order valence-electron chi connectivity index (χ3n) is 6.28. The number of sulfone groups is 1. The topological polar surface area (TPSA) is 98.5 Å². The molecule has 0 spiro atoms. The van der Waals surface area contributed by atoms with E-state index >= 15 is 0 Å². The molecule has 3 rings (SSSR count). The Morgan fingerprint density at radius 3 is 2.35 bits per heavy atom. The van der Waals surface area contributed by atoms with Crippen molar-refractivity contribution in [2.75, 3.05) is 20.4 Å². The van der Waals surface area contributed by atoms with Gasteiger partial charge in [0.25, 0.3) is 0 Å². The fourth-order valence-electron chi connectivity index (χ4n) is 4.34. The molecular weight excluding hydrogens is 436 g/mol. The van der Waals surface area contributed by atoms with Crippen molar-refractivity contribution in [1.82, 2.24) is 5.32 Å². The molecule has 1 fully saturated rings. The number of nitrogens with two attached hydrogens (primary N) is 1. The van der Waals surface area contributed by atoms with Gasteiger partial charge in [0.1, 0.15) is 5.75 Å². The zero-order valence-electron chi connectivity index (χ0n) is 18.2. The summed E-state index contributed by atoms with van der Waals surface area (Å²) in [6.07, 6.45) is 4.95. The van der Waals surface area contributed by atoms with E-state index in [4.69, 9.17) is 10.5 Å². The lowest BCUT2D eigenvalue weighted by Gasteiger charge is -2.38. The number of ether oxygens (including phenoxy) is 1. The summed E-state index contributed by atoms with van der Waals surface area (Å²) in [6, 6.07) is 13.0. The van der Waals surface area contributed by atoms with Gasteiger partial charge in [0.15, 0.2) is 9.84 Å².